The topological polar surface area (TPSA) is 34.2 Å². The number of hydrogen-bond acceptors (Lipinski definition) is 4. The Morgan fingerprint density at radius 1 is 1.71 bits per heavy atom. The molecule has 1 aliphatic rings. The molecule has 0 bridgehead atoms. The summed E-state index contributed by atoms with van der Waals surface area (Å²) in [7, 11) is 0. The zero-order valence-corrected chi connectivity index (χ0v) is 11.7. The highest BCUT2D eigenvalue weighted by atomic mass is 32.1. The highest BCUT2D eigenvalue weighted by molar-refractivity contribution is 7.09. The number of nitrogens with zero attached hydrogens (tertiary/aromatic N) is 1. The summed E-state index contributed by atoms with van der Waals surface area (Å²) < 4.78 is 5.86. The van der Waals surface area contributed by atoms with Crippen molar-refractivity contribution in [3.8, 4) is 0 Å². The average molecular weight is 254 g/mol. The molecule has 1 saturated heterocycles. The van der Waals surface area contributed by atoms with Gasteiger partial charge in [0, 0.05) is 24.2 Å². The van der Waals surface area contributed by atoms with E-state index in [0.29, 0.717) is 12.1 Å². The third-order valence-corrected chi connectivity index (χ3v) is 4.61. The summed E-state index contributed by atoms with van der Waals surface area (Å²) in [5.41, 5.74) is 0.0541. The van der Waals surface area contributed by atoms with Gasteiger partial charge in [-0.3, -0.25) is 0 Å². The van der Waals surface area contributed by atoms with Gasteiger partial charge in [0.2, 0.25) is 0 Å². The van der Waals surface area contributed by atoms with E-state index in [0.717, 1.165) is 25.9 Å². The van der Waals surface area contributed by atoms with Gasteiger partial charge < -0.3 is 10.1 Å². The minimum absolute atomic E-state index is 0.0541. The van der Waals surface area contributed by atoms with Crippen LogP contribution in [0.5, 0.6) is 0 Å². The number of aromatic nitrogens is 1. The van der Waals surface area contributed by atoms with Gasteiger partial charge in [-0.05, 0) is 33.1 Å². The Balaban J connectivity index is 1.91. The molecule has 0 radical (unpaired) electrons. The Labute approximate surface area is 108 Å². The SMILES string of the molecule is CCC1(C)CC(NC(C)c2nccs2)CCO1. The van der Waals surface area contributed by atoms with Crippen molar-refractivity contribution in [1.29, 1.82) is 0 Å². The van der Waals surface area contributed by atoms with Crippen molar-refractivity contribution < 1.29 is 4.74 Å². The molecule has 0 amide bonds. The minimum atomic E-state index is 0.0541. The first kappa shape index (κ1) is 13.0. The van der Waals surface area contributed by atoms with Gasteiger partial charge in [-0.1, -0.05) is 6.92 Å². The maximum Gasteiger partial charge on any atom is 0.109 e. The van der Waals surface area contributed by atoms with Crippen LogP contribution in [0.1, 0.15) is 51.1 Å². The molecule has 96 valence electrons. The monoisotopic (exact) mass is 254 g/mol. The molecule has 2 heterocycles. The fourth-order valence-electron chi connectivity index (χ4n) is 2.39. The predicted octanol–water partition coefficient (Wildman–Crippen LogP) is 3.14. The van der Waals surface area contributed by atoms with Crippen molar-refractivity contribution in [2.45, 2.75) is 57.7 Å². The fraction of sp³-hybridized carbons (Fsp3) is 0.769. The van der Waals surface area contributed by atoms with Gasteiger partial charge in [-0.15, -0.1) is 11.3 Å². The van der Waals surface area contributed by atoms with Gasteiger partial charge in [0.05, 0.1) is 11.6 Å². The third-order valence-electron chi connectivity index (χ3n) is 3.65. The van der Waals surface area contributed by atoms with E-state index in [9.17, 15) is 0 Å². The van der Waals surface area contributed by atoms with Crippen LogP contribution in [0, 0.1) is 0 Å². The van der Waals surface area contributed by atoms with Gasteiger partial charge in [-0.2, -0.15) is 0 Å². The second-order valence-electron chi connectivity index (χ2n) is 5.10. The molecule has 0 aliphatic carbocycles. The fourth-order valence-corrected chi connectivity index (χ4v) is 3.05. The van der Waals surface area contributed by atoms with E-state index in [-0.39, 0.29) is 5.60 Å². The largest absolute Gasteiger partial charge is 0.375 e. The maximum absolute atomic E-state index is 5.86. The molecule has 0 spiro atoms. The number of thiazole rings is 1. The smallest absolute Gasteiger partial charge is 0.109 e. The molecule has 0 saturated carbocycles. The first-order valence-electron chi connectivity index (χ1n) is 6.42. The zero-order chi connectivity index (χ0) is 12.3. The van der Waals surface area contributed by atoms with Crippen LogP contribution in [0.3, 0.4) is 0 Å². The van der Waals surface area contributed by atoms with Crippen LogP contribution in [-0.4, -0.2) is 23.2 Å². The summed E-state index contributed by atoms with van der Waals surface area (Å²) in [5.74, 6) is 0. The van der Waals surface area contributed by atoms with E-state index in [1.165, 1.54) is 5.01 Å². The lowest BCUT2D eigenvalue weighted by molar-refractivity contribution is -0.0789. The lowest BCUT2D eigenvalue weighted by Crippen LogP contribution is -2.45. The van der Waals surface area contributed by atoms with E-state index >= 15 is 0 Å². The van der Waals surface area contributed by atoms with Crippen molar-refractivity contribution in [1.82, 2.24) is 10.3 Å². The highest BCUT2D eigenvalue weighted by Gasteiger charge is 2.32. The standard InChI is InChI=1S/C13H22N2OS/c1-4-13(3)9-11(5-7-16-13)15-10(2)12-14-6-8-17-12/h6,8,10-11,15H,4-5,7,9H2,1-3H3. The summed E-state index contributed by atoms with van der Waals surface area (Å²) in [5, 5.41) is 6.89. The van der Waals surface area contributed by atoms with Gasteiger partial charge in [-0.25, -0.2) is 4.98 Å². The van der Waals surface area contributed by atoms with Crippen LogP contribution in [0.4, 0.5) is 0 Å². The van der Waals surface area contributed by atoms with Crippen LogP contribution in [0.25, 0.3) is 0 Å². The Bertz CT molecular complexity index is 341. The summed E-state index contributed by atoms with van der Waals surface area (Å²) >= 11 is 1.72. The number of hydrogen-bond donors (Lipinski definition) is 1. The Kier molecular flexibility index (Phi) is 4.17. The number of ether oxygens (including phenoxy) is 1. The lowest BCUT2D eigenvalue weighted by Gasteiger charge is -2.39. The van der Waals surface area contributed by atoms with Gasteiger partial charge in [0.25, 0.3) is 0 Å². The van der Waals surface area contributed by atoms with Crippen LogP contribution < -0.4 is 5.32 Å². The van der Waals surface area contributed by atoms with Crippen molar-refractivity contribution in [3.63, 3.8) is 0 Å². The molecule has 3 atom stereocenters. The quantitative estimate of drug-likeness (QED) is 0.896. The average Bonchev–Trinajstić information content (AvgIpc) is 2.82. The van der Waals surface area contributed by atoms with Gasteiger partial charge >= 0.3 is 0 Å². The van der Waals surface area contributed by atoms with E-state index in [4.69, 9.17) is 4.74 Å². The molecule has 1 aromatic heterocycles. The van der Waals surface area contributed by atoms with Gasteiger partial charge in [0.1, 0.15) is 5.01 Å². The lowest BCUT2D eigenvalue weighted by atomic mass is 9.89. The van der Waals surface area contributed by atoms with Crippen molar-refractivity contribution in [3.05, 3.63) is 16.6 Å². The molecule has 0 aromatic carbocycles. The van der Waals surface area contributed by atoms with E-state index in [1.54, 1.807) is 11.3 Å². The van der Waals surface area contributed by atoms with Crippen LogP contribution in [0.15, 0.2) is 11.6 Å². The first-order chi connectivity index (χ1) is 8.13. The van der Waals surface area contributed by atoms with Crippen LogP contribution in [0.2, 0.25) is 0 Å². The normalized spacial score (nSPS) is 31.4. The molecule has 3 unspecified atom stereocenters. The second-order valence-corrected chi connectivity index (χ2v) is 6.03. The molecule has 1 aliphatic heterocycles. The maximum atomic E-state index is 5.86. The summed E-state index contributed by atoms with van der Waals surface area (Å²) in [6.45, 7) is 7.48. The Hall–Kier alpha value is -0.450. The van der Waals surface area contributed by atoms with Gasteiger partial charge in [0.15, 0.2) is 0 Å². The first-order valence-corrected chi connectivity index (χ1v) is 7.30. The third kappa shape index (κ3) is 3.27. The molecular weight excluding hydrogens is 232 g/mol. The minimum Gasteiger partial charge on any atom is -0.375 e. The highest BCUT2D eigenvalue weighted by Crippen LogP contribution is 2.29. The summed E-state index contributed by atoms with van der Waals surface area (Å²) in [6, 6.07) is 0.895. The van der Waals surface area contributed by atoms with Crippen molar-refractivity contribution >= 4 is 11.3 Å². The second kappa shape index (κ2) is 5.46. The summed E-state index contributed by atoms with van der Waals surface area (Å²) in [6.07, 6.45) is 5.15. The summed E-state index contributed by atoms with van der Waals surface area (Å²) in [4.78, 5) is 4.36. The molecule has 3 nitrogen and oxygen atoms in total. The van der Waals surface area contributed by atoms with E-state index in [2.05, 4.69) is 31.1 Å². The Morgan fingerprint density at radius 2 is 2.53 bits per heavy atom. The van der Waals surface area contributed by atoms with Crippen molar-refractivity contribution in [2.75, 3.05) is 6.61 Å². The van der Waals surface area contributed by atoms with Crippen molar-refractivity contribution in [2.24, 2.45) is 0 Å². The van der Waals surface area contributed by atoms with E-state index < -0.39 is 0 Å². The molecule has 1 aromatic rings. The molecule has 2 rings (SSSR count). The van der Waals surface area contributed by atoms with Crippen LogP contribution in [-0.2, 0) is 4.74 Å². The molecule has 1 fully saturated rings. The number of rotatable bonds is 4. The molecular formula is C13H22N2OS. The zero-order valence-electron chi connectivity index (χ0n) is 10.9. The van der Waals surface area contributed by atoms with Crippen LogP contribution >= 0.6 is 11.3 Å². The Morgan fingerprint density at radius 3 is 3.18 bits per heavy atom. The predicted molar refractivity (Wildman–Crippen MR) is 71.3 cm³/mol. The number of nitrogens with one attached hydrogen (secondary N) is 1. The molecule has 17 heavy (non-hydrogen) atoms. The molecule has 1 N–H and O–H groups in total. The molecule has 4 heteroatoms. The van der Waals surface area contributed by atoms with E-state index in [1.807, 2.05) is 11.6 Å².